The van der Waals surface area contributed by atoms with Crippen LogP contribution in [0.25, 0.3) is 0 Å². The number of carbonyl (C=O) groups excluding carboxylic acids is 1. The smallest absolute Gasteiger partial charge is 0.255 e. The van der Waals surface area contributed by atoms with Gasteiger partial charge in [0.1, 0.15) is 5.75 Å². The molecule has 0 aliphatic rings. The van der Waals surface area contributed by atoms with Gasteiger partial charge in [0.2, 0.25) is 0 Å². The zero-order valence-electron chi connectivity index (χ0n) is 10.5. The van der Waals surface area contributed by atoms with E-state index in [1.807, 2.05) is 13.8 Å². The molecular formula is C13H17BrClNO2. The maximum Gasteiger partial charge on any atom is 0.255 e. The van der Waals surface area contributed by atoms with Crippen LogP contribution in [-0.2, 0) is 0 Å². The molecule has 0 spiro atoms. The minimum Gasteiger partial charge on any atom is -0.507 e. The average molecular weight is 335 g/mol. The van der Waals surface area contributed by atoms with E-state index in [2.05, 4.69) is 21.2 Å². The second-order valence-electron chi connectivity index (χ2n) is 4.47. The highest BCUT2D eigenvalue weighted by molar-refractivity contribution is 9.10. The lowest BCUT2D eigenvalue weighted by Gasteiger charge is -2.29. The molecule has 0 saturated carbocycles. The molecule has 0 aliphatic heterocycles. The Hall–Kier alpha value is -0.740. The standard InChI is InChI=1S/C13H17BrClNO2/c1-3-13(2,6-7-15)16-12(18)10-5-4-9(14)8-11(10)17/h4-5,8,17H,3,6-7H2,1-2H3,(H,16,18). The minimum absolute atomic E-state index is 0.0359. The SMILES string of the molecule is CCC(C)(CCCl)NC(=O)c1ccc(Br)cc1O. The molecule has 0 saturated heterocycles. The quantitative estimate of drug-likeness (QED) is 0.807. The summed E-state index contributed by atoms with van der Waals surface area (Å²) < 4.78 is 0.732. The first-order valence-corrected chi connectivity index (χ1v) is 7.11. The normalized spacial score (nSPS) is 14.0. The topological polar surface area (TPSA) is 49.3 Å². The molecule has 5 heteroatoms. The number of nitrogens with one attached hydrogen (secondary N) is 1. The van der Waals surface area contributed by atoms with Gasteiger partial charge in [-0.2, -0.15) is 0 Å². The highest BCUT2D eigenvalue weighted by Gasteiger charge is 2.25. The molecule has 1 amide bonds. The molecule has 2 N–H and O–H groups in total. The molecule has 0 bridgehead atoms. The number of alkyl halides is 1. The summed E-state index contributed by atoms with van der Waals surface area (Å²) in [6, 6.07) is 4.81. The summed E-state index contributed by atoms with van der Waals surface area (Å²) in [5, 5.41) is 12.7. The molecule has 1 aromatic rings. The van der Waals surface area contributed by atoms with Gasteiger partial charge in [-0.1, -0.05) is 22.9 Å². The summed E-state index contributed by atoms with van der Waals surface area (Å²) in [7, 11) is 0. The van der Waals surface area contributed by atoms with Crippen LogP contribution >= 0.6 is 27.5 Å². The zero-order valence-corrected chi connectivity index (χ0v) is 12.8. The number of hydrogen-bond donors (Lipinski definition) is 2. The summed E-state index contributed by atoms with van der Waals surface area (Å²) in [5.74, 6) is 0.164. The van der Waals surface area contributed by atoms with Crippen molar-refractivity contribution in [1.82, 2.24) is 5.32 Å². The number of aromatic hydroxyl groups is 1. The molecule has 0 heterocycles. The number of hydrogen-bond acceptors (Lipinski definition) is 2. The van der Waals surface area contributed by atoms with Gasteiger partial charge in [-0.3, -0.25) is 4.79 Å². The summed E-state index contributed by atoms with van der Waals surface area (Å²) >= 11 is 8.98. The van der Waals surface area contributed by atoms with Gasteiger partial charge >= 0.3 is 0 Å². The molecular weight excluding hydrogens is 318 g/mol. The minimum atomic E-state index is -0.349. The van der Waals surface area contributed by atoms with Gasteiger partial charge in [0, 0.05) is 15.9 Å². The third-order valence-electron chi connectivity index (χ3n) is 3.05. The highest BCUT2D eigenvalue weighted by Crippen LogP contribution is 2.24. The van der Waals surface area contributed by atoms with E-state index in [1.54, 1.807) is 12.1 Å². The fourth-order valence-electron chi connectivity index (χ4n) is 1.57. The van der Waals surface area contributed by atoms with Crippen molar-refractivity contribution in [2.45, 2.75) is 32.2 Å². The second kappa shape index (κ2) is 6.43. The van der Waals surface area contributed by atoms with Crippen LogP contribution in [0.4, 0.5) is 0 Å². The highest BCUT2D eigenvalue weighted by atomic mass is 79.9. The average Bonchev–Trinajstić information content (AvgIpc) is 2.28. The number of carbonyl (C=O) groups is 1. The van der Waals surface area contributed by atoms with Crippen molar-refractivity contribution in [1.29, 1.82) is 0 Å². The lowest BCUT2D eigenvalue weighted by atomic mass is 9.95. The van der Waals surface area contributed by atoms with E-state index in [0.29, 0.717) is 12.3 Å². The Labute approximate surface area is 121 Å². The lowest BCUT2D eigenvalue weighted by Crippen LogP contribution is -2.45. The molecule has 1 atom stereocenters. The van der Waals surface area contributed by atoms with Crippen LogP contribution < -0.4 is 5.32 Å². The van der Waals surface area contributed by atoms with E-state index in [1.165, 1.54) is 6.07 Å². The number of phenolic OH excluding ortho intramolecular Hbond substituents is 1. The first-order chi connectivity index (χ1) is 8.41. The summed E-state index contributed by atoms with van der Waals surface area (Å²) in [5.41, 5.74) is -0.0781. The number of amides is 1. The third-order valence-corrected chi connectivity index (χ3v) is 3.73. The monoisotopic (exact) mass is 333 g/mol. The van der Waals surface area contributed by atoms with E-state index in [0.717, 1.165) is 10.9 Å². The van der Waals surface area contributed by atoms with Crippen LogP contribution in [0.2, 0.25) is 0 Å². The van der Waals surface area contributed by atoms with Crippen LogP contribution in [0.1, 0.15) is 37.0 Å². The van der Waals surface area contributed by atoms with Crippen molar-refractivity contribution >= 4 is 33.4 Å². The maximum atomic E-state index is 12.1. The van der Waals surface area contributed by atoms with Crippen molar-refractivity contribution in [3.63, 3.8) is 0 Å². The second-order valence-corrected chi connectivity index (χ2v) is 5.76. The molecule has 1 rings (SSSR count). The van der Waals surface area contributed by atoms with Crippen LogP contribution in [-0.4, -0.2) is 22.4 Å². The van der Waals surface area contributed by atoms with Crippen LogP contribution in [0.15, 0.2) is 22.7 Å². The Morgan fingerprint density at radius 1 is 1.56 bits per heavy atom. The molecule has 3 nitrogen and oxygen atoms in total. The van der Waals surface area contributed by atoms with Crippen molar-refractivity contribution in [3.8, 4) is 5.75 Å². The summed E-state index contributed by atoms with van der Waals surface area (Å²) in [4.78, 5) is 12.1. The fourth-order valence-corrected chi connectivity index (χ4v) is 2.34. The van der Waals surface area contributed by atoms with Crippen LogP contribution in [0, 0.1) is 0 Å². The molecule has 100 valence electrons. The fraction of sp³-hybridized carbons (Fsp3) is 0.462. The van der Waals surface area contributed by atoms with E-state index in [9.17, 15) is 9.90 Å². The van der Waals surface area contributed by atoms with Gasteiger partial charge in [0.15, 0.2) is 0 Å². The number of halogens is 2. The van der Waals surface area contributed by atoms with Gasteiger partial charge < -0.3 is 10.4 Å². The van der Waals surface area contributed by atoms with Crippen molar-refractivity contribution in [2.75, 3.05) is 5.88 Å². The number of rotatable bonds is 5. The Morgan fingerprint density at radius 3 is 2.72 bits per heavy atom. The van der Waals surface area contributed by atoms with Crippen molar-refractivity contribution in [3.05, 3.63) is 28.2 Å². The number of benzene rings is 1. The largest absolute Gasteiger partial charge is 0.507 e. The lowest BCUT2D eigenvalue weighted by molar-refractivity contribution is 0.0899. The Kier molecular flexibility index (Phi) is 5.47. The first-order valence-electron chi connectivity index (χ1n) is 5.79. The van der Waals surface area contributed by atoms with Gasteiger partial charge in [0.05, 0.1) is 5.56 Å². The zero-order chi connectivity index (χ0) is 13.8. The van der Waals surface area contributed by atoms with E-state index < -0.39 is 0 Å². The molecule has 0 aromatic heterocycles. The molecule has 1 unspecified atom stereocenters. The van der Waals surface area contributed by atoms with Crippen LogP contribution in [0.5, 0.6) is 5.75 Å². The molecule has 0 fully saturated rings. The Bertz CT molecular complexity index is 439. The summed E-state index contributed by atoms with van der Waals surface area (Å²) in [6.45, 7) is 3.94. The van der Waals surface area contributed by atoms with Gasteiger partial charge in [-0.25, -0.2) is 0 Å². The molecule has 1 aromatic carbocycles. The molecule has 0 radical (unpaired) electrons. The molecule has 18 heavy (non-hydrogen) atoms. The van der Waals surface area contributed by atoms with Gasteiger partial charge in [-0.15, -0.1) is 11.6 Å². The van der Waals surface area contributed by atoms with Crippen molar-refractivity contribution in [2.24, 2.45) is 0 Å². The van der Waals surface area contributed by atoms with Gasteiger partial charge in [0.25, 0.3) is 5.91 Å². The predicted octanol–water partition coefficient (Wildman–Crippen LogP) is 3.68. The molecule has 0 aliphatic carbocycles. The van der Waals surface area contributed by atoms with Crippen molar-refractivity contribution < 1.29 is 9.90 Å². The van der Waals surface area contributed by atoms with Gasteiger partial charge in [-0.05, 0) is 38.0 Å². The van der Waals surface area contributed by atoms with E-state index >= 15 is 0 Å². The predicted molar refractivity (Wildman–Crippen MR) is 77.3 cm³/mol. The Balaban J connectivity index is 2.87. The van der Waals surface area contributed by atoms with E-state index in [-0.39, 0.29) is 22.8 Å². The number of phenols is 1. The third kappa shape index (κ3) is 3.89. The first kappa shape index (κ1) is 15.3. The maximum absolute atomic E-state index is 12.1. The van der Waals surface area contributed by atoms with Crippen LogP contribution in [0.3, 0.4) is 0 Å². The summed E-state index contributed by atoms with van der Waals surface area (Å²) in [6.07, 6.45) is 1.47. The van der Waals surface area contributed by atoms with E-state index in [4.69, 9.17) is 11.6 Å². The Morgan fingerprint density at radius 2 is 2.22 bits per heavy atom.